The standard InChI is InChI=1S/C10H12N4O3/c1-6-8(3-10(15)16)7(2)14(12-6)4-9-11-5-17-13-9/h5H,3-4H2,1-2H3,(H,15,16). The van der Waals surface area contributed by atoms with Gasteiger partial charge < -0.3 is 9.63 Å². The maximum absolute atomic E-state index is 10.7. The molecule has 0 atom stereocenters. The third-order valence-electron chi connectivity index (χ3n) is 2.56. The molecule has 0 fully saturated rings. The highest BCUT2D eigenvalue weighted by atomic mass is 16.5. The predicted octanol–water partition coefficient (Wildman–Crippen LogP) is 0.558. The quantitative estimate of drug-likeness (QED) is 0.833. The molecule has 1 N–H and O–H groups in total. The molecule has 0 aliphatic carbocycles. The molecule has 2 aromatic heterocycles. The number of hydrogen-bond donors (Lipinski definition) is 1. The number of aryl methyl sites for hydroxylation is 1. The summed E-state index contributed by atoms with van der Waals surface area (Å²) >= 11 is 0. The summed E-state index contributed by atoms with van der Waals surface area (Å²) in [5.74, 6) is -0.354. The minimum absolute atomic E-state index is 0.0239. The lowest BCUT2D eigenvalue weighted by molar-refractivity contribution is -0.136. The Morgan fingerprint density at radius 2 is 2.29 bits per heavy atom. The molecule has 0 unspecified atom stereocenters. The van der Waals surface area contributed by atoms with Crippen LogP contribution in [0.1, 0.15) is 22.8 Å². The van der Waals surface area contributed by atoms with Crippen LogP contribution >= 0.6 is 0 Å². The highest BCUT2D eigenvalue weighted by Crippen LogP contribution is 2.14. The second-order valence-corrected chi connectivity index (χ2v) is 3.72. The smallest absolute Gasteiger partial charge is 0.307 e. The summed E-state index contributed by atoms with van der Waals surface area (Å²) in [6, 6.07) is 0. The van der Waals surface area contributed by atoms with E-state index in [-0.39, 0.29) is 6.42 Å². The molecule has 2 rings (SSSR count). The van der Waals surface area contributed by atoms with E-state index < -0.39 is 5.97 Å². The lowest BCUT2D eigenvalue weighted by Crippen LogP contribution is -2.07. The fraction of sp³-hybridized carbons (Fsp3) is 0.400. The molecule has 0 amide bonds. The van der Waals surface area contributed by atoms with Crippen LogP contribution in [0.3, 0.4) is 0 Å². The molecule has 0 radical (unpaired) electrons. The van der Waals surface area contributed by atoms with Crippen LogP contribution in [0.15, 0.2) is 10.9 Å². The van der Waals surface area contributed by atoms with Gasteiger partial charge in [-0.15, -0.1) is 0 Å². The van der Waals surface area contributed by atoms with Crippen molar-refractivity contribution in [3.8, 4) is 0 Å². The minimum atomic E-state index is -0.865. The van der Waals surface area contributed by atoms with Crippen LogP contribution in [-0.2, 0) is 17.8 Å². The zero-order valence-electron chi connectivity index (χ0n) is 9.54. The summed E-state index contributed by atoms with van der Waals surface area (Å²) < 4.78 is 6.31. The third-order valence-corrected chi connectivity index (χ3v) is 2.56. The normalized spacial score (nSPS) is 10.7. The number of hydrogen-bond acceptors (Lipinski definition) is 5. The topological polar surface area (TPSA) is 94.0 Å². The predicted molar refractivity (Wildman–Crippen MR) is 56.4 cm³/mol. The molecule has 2 aromatic rings. The maximum Gasteiger partial charge on any atom is 0.307 e. The van der Waals surface area contributed by atoms with E-state index >= 15 is 0 Å². The Labute approximate surface area is 97.1 Å². The van der Waals surface area contributed by atoms with Crippen LogP contribution in [0.2, 0.25) is 0 Å². The molecule has 7 heteroatoms. The van der Waals surface area contributed by atoms with Crippen molar-refractivity contribution < 1.29 is 14.4 Å². The fourth-order valence-corrected chi connectivity index (χ4v) is 1.69. The lowest BCUT2D eigenvalue weighted by Gasteiger charge is -2.01. The fourth-order valence-electron chi connectivity index (χ4n) is 1.69. The first-order valence-corrected chi connectivity index (χ1v) is 5.08. The van der Waals surface area contributed by atoms with Gasteiger partial charge in [-0.2, -0.15) is 10.1 Å². The van der Waals surface area contributed by atoms with Gasteiger partial charge in [0.2, 0.25) is 6.39 Å². The molecule has 7 nitrogen and oxygen atoms in total. The molecule has 0 saturated carbocycles. The Morgan fingerprint density at radius 3 is 2.88 bits per heavy atom. The number of aromatic nitrogens is 4. The van der Waals surface area contributed by atoms with Gasteiger partial charge in [0.1, 0.15) is 6.54 Å². The summed E-state index contributed by atoms with van der Waals surface area (Å²) in [4.78, 5) is 14.6. The van der Waals surface area contributed by atoms with Crippen LogP contribution in [0.25, 0.3) is 0 Å². The van der Waals surface area contributed by atoms with Crippen molar-refractivity contribution in [3.05, 3.63) is 29.2 Å². The Bertz CT molecular complexity index is 530. The van der Waals surface area contributed by atoms with Crippen LogP contribution in [0, 0.1) is 13.8 Å². The third kappa shape index (κ3) is 2.32. The van der Waals surface area contributed by atoms with Crippen molar-refractivity contribution in [3.63, 3.8) is 0 Å². The van der Waals surface area contributed by atoms with Crippen molar-refractivity contribution in [2.75, 3.05) is 0 Å². The van der Waals surface area contributed by atoms with Crippen LogP contribution in [0.5, 0.6) is 0 Å². The molecule has 0 aliphatic heterocycles. The number of carboxylic acids is 1. The number of rotatable bonds is 4. The van der Waals surface area contributed by atoms with Gasteiger partial charge >= 0.3 is 5.97 Å². The van der Waals surface area contributed by atoms with Crippen molar-refractivity contribution in [1.82, 2.24) is 19.9 Å². The molecule has 0 aliphatic rings. The van der Waals surface area contributed by atoms with Crippen molar-refractivity contribution >= 4 is 5.97 Å². The Kier molecular flexibility index (Phi) is 2.90. The molecule has 0 bridgehead atoms. The van der Waals surface area contributed by atoms with Gasteiger partial charge in [0.05, 0.1) is 12.1 Å². The highest BCUT2D eigenvalue weighted by molar-refractivity contribution is 5.70. The van der Waals surface area contributed by atoms with Crippen molar-refractivity contribution in [2.45, 2.75) is 26.8 Å². The number of carboxylic acid groups (broad SMARTS) is 1. The first-order valence-electron chi connectivity index (χ1n) is 5.08. The zero-order chi connectivity index (χ0) is 12.4. The molecule has 17 heavy (non-hydrogen) atoms. The van der Waals surface area contributed by atoms with E-state index in [1.54, 1.807) is 11.6 Å². The highest BCUT2D eigenvalue weighted by Gasteiger charge is 2.15. The number of nitrogens with zero attached hydrogens (tertiary/aromatic N) is 4. The largest absolute Gasteiger partial charge is 0.481 e. The molecule has 2 heterocycles. The molecule has 0 spiro atoms. The van der Waals surface area contributed by atoms with Crippen LogP contribution in [0.4, 0.5) is 0 Å². The van der Waals surface area contributed by atoms with E-state index in [9.17, 15) is 4.79 Å². The second-order valence-electron chi connectivity index (χ2n) is 3.72. The number of carbonyl (C=O) groups is 1. The van der Waals surface area contributed by atoms with Gasteiger partial charge in [0.25, 0.3) is 0 Å². The first-order chi connectivity index (χ1) is 8.08. The van der Waals surface area contributed by atoms with Gasteiger partial charge in [-0.1, -0.05) is 5.16 Å². The molecule has 90 valence electrons. The van der Waals surface area contributed by atoms with E-state index in [1.165, 1.54) is 6.39 Å². The summed E-state index contributed by atoms with van der Waals surface area (Å²) in [7, 11) is 0. The van der Waals surface area contributed by atoms with E-state index in [0.717, 1.165) is 11.3 Å². The summed E-state index contributed by atoms with van der Waals surface area (Å²) in [5, 5.41) is 16.8. The first kappa shape index (κ1) is 11.3. The monoisotopic (exact) mass is 236 g/mol. The number of aliphatic carboxylic acids is 1. The van der Waals surface area contributed by atoms with E-state index in [4.69, 9.17) is 5.11 Å². The Morgan fingerprint density at radius 1 is 1.53 bits per heavy atom. The molecule has 0 aromatic carbocycles. The van der Waals surface area contributed by atoms with Gasteiger partial charge in [0.15, 0.2) is 5.82 Å². The van der Waals surface area contributed by atoms with E-state index in [0.29, 0.717) is 18.1 Å². The van der Waals surface area contributed by atoms with Crippen LogP contribution in [-0.4, -0.2) is 31.0 Å². The Balaban J connectivity index is 2.27. The average Bonchev–Trinajstić information content (AvgIpc) is 2.83. The second kappa shape index (κ2) is 4.36. The Hall–Kier alpha value is -2.18. The van der Waals surface area contributed by atoms with Crippen LogP contribution < -0.4 is 0 Å². The van der Waals surface area contributed by atoms with Gasteiger partial charge in [0, 0.05) is 11.3 Å². The molecular formula is C10H12N4O3. The average molecular weight is 236 g/mol. The summed E-state index contributed by atoms with van der Waals surface area (Å²) in [6.45, 7) is 4.00. The SMILES string of the molecule is Cc1nn(Cc2ncon2)c(C)c1CC(=O)O. The molecule has 0 saturated heterocycles. The van der Waals surface area contributed by atoms with Crippen molar-refractivity contribution in [2.24, 2.45) is 0 Å². The van der Waals surface area contributed by atoms with E-state index in [1.807, 2.05) is 6.92 Å². The minimum Gasteiger partial charge on any atom is -0.481 e. The summed E-state index contributed by atoms with van der Waals surface area (Å²) in [6.07, 6.45) is 1.23. The molecular weight excluding hydrogens is 224 g/mol. The zero-order valence-corrected chi connectivity index (χ0v) is 9.54. The van der Waals surface area contributed by atoms with Gasteiger partial charge in [-0.3, -0.25) is 9.48 Å². The van der Waals surface area contributed by atoms with E-state index in [2.05, 4.69) is 19.8 Å². The van der Waals surface area contributed by atoms with Crippen molar-refractivity contribution in [1.29, 1.82) is 0 Å². The summed E-state index contributed by atoms with van der Waals surface area (Å²) in [5.41, 5.74) is 2.27. The van der Waals surface area contributed by atoms with Gasteiger partial charge in [-0.05, 0) is 13.8 Å². The lowest BCUT2D eigenvalue weighted by atomic mass is 10.1. The van der Waals surface area contributed by atoms with Gasteiger partial charge in [-0.25, -0.2) is 0 Å². The maximum atomic E-state index is 10.7.